The third kappa shape index (κ3) is 5.50. The van der Waals surface area contributed by atoms with Crippen LogP contribution >= 0.6 is 0 Å². The van der Waals surface area contributed by atoms with Gasteiger partial charge in [-0.2, -0.15) is 0 Å². The summed E-state index contributed by atoms with van der Waals surface area (Å²) in [5, 5.41) is 1.21. The first-order chi connectivity index (χ1) is 18.9. The van der Waals surface area contributed by atoms with Crippen LogP contribution in [0.5, 0.6) is 0 Å². The summed E-state index contributed by atoms with van der Waals surface area (Å²) in [6, 6.07) is 18.6. The monoisotopic (exact) mass is 525 g/mol. The lowest BCUT2D eigenvalue weighted by molar-refractivity contribution is -0.160. The Morgan fingerprint density at radius 2 is 1.54 bits per heavy atom. The van der Waals surface area contributed by atoms with E-state index >= 15 is 0 Å². The SMILES string of the molecule is CC(C)CN(CC(=O)N(CCc1c[nH]c2ccccc12)Cc1ccccc1)C(=O)C12CC3CC(CC(C3)C1)C2. The maximum atomic E-state index is 14.3. The molecule has 2 aromatic carbocycles. The van der Waals surface area contributed by atoms with Crippen molar-refractivity contribution in [3.05, 3.63) is 71.9 Å². The molecule has 0 atom stereocenters. The molecule has 1 heterocycles. The maximum absolute atomic E-state index is 14.3. The quantitative estimate of drug-likeness (QED) is 0.331. The molecule has 0 spiro atoms. The van der Waals surface area contributed by atoms with Gasteiger partial charge in [0.15, 0.2) is 0 Å². The number of rotatable bonds is 10. The minimum Gasteiger partial charge on any atom is -0.361 e. The third-order valence-corrected chi connectivity index (χ3v) is 9.59. The number of para-hydroxylation sites is 1. The van der Waals surface area contributed by atoms with Crippen LogP contribution in [0, 0.1) is 29.1 Å². The Morgan fingerprint density at radius 3 is 2.21 bits per heavy atom. The first-order valence-corrected chi connectivity index (χ1v) is 15.0. The fraction of sp³-hybridized carbons (Fsp3) is 0.529. The van der Waals surface area contributed by atoms with Gasteiger partial charge in [-0.25, -0.2) is 0 Å². The lowest BCUT2D eigenvalue weighted by atomic mass is 9.49. The van der Waals surface area contributed by atoms with Gasteiger partial charge < -0.3 is 14.8 Å². The highest BCUT2D eigenvalue weighted by molar-refractivity contribution is 5.88. The first kappa shape index (κ1) is 26.2. The van der Waals surface area contributed by atoms with Crippen molar-refractivity contribution in [3.63, 3.8) is 0 Å². The van der Waals surface area contributed by atoms with Crippen molar-refractivity contribution in [2.24, 2.45) is 29.1 Å². The second-order valence-corrected chi connectivity index (χ2v) is 13.2. The summed E-state index contributed by atoms with van der Waals surface area (Å²) in [6.07, 6.45) is 9.89. The van der Waals surface area contributed by atoms with Crippen LogP contribution in [0.2, 0.25) is 0 Å². The van der Waals surface area contributed by atoms with Gasteiger partial charge in [-0.05, 0) is 85.8 Å². The number of amides is 2. The highest BCUT2D eigenvalue weighted by Gasteiger charge is 2.55. The van der Waals surface area contributed by atoms with Gasteiger partial charge in [-0.15, -0.1) is 0 Å². The van der Waals surface area contributed by atoms with Crippen molar-refractivity contribution in [2.45, 2.75) is 65.3 Å². The van der Waals surface area contributed by atoms with Gasteiger partial charge >= 0.3 is 0 Å². The van der Waals surface area contributed by atoms with Crippen LogP contribution < -0.4 is 0 Å². The Kier molecular flexibility index (Phi) is 7.26. The van der Waals surface area contributed by atoms with E-state index < -0.39 is 0 Å². The van der Waals surface area contributed by atoms with E-state index in [0.717, 1.165) is 36.8 Å². The van der Waals surface area contributed by atoms with E-state index in [1.807, 2.05) is 34.1 Å². The predicted molar refractivity (Wildman–Crippen MR) is 156 cm³/mol. The van der Waals surface area contributed by atoms with Crippen molar-refractivity contribution in [1.29, 1.82) is 0 Å². The molecule has 39 heavy (non-hydrogen) atoms. The van der Waals surface area contributed by atoms with Gasteiger partial charge in [0.05, 0.1) is 12.0 Å². The summed E-state index contributed by atoms with van der Waals surface area (Å²) in [6.45, 7) is 6.32. The Morgan fingerprint density at radius 1 is 0.897 bits per heavy atom. The normalized spacial score (nSPS) is 25.4. The predicted octanol–water partition coefficient (Wildman–Crippen LogP) is 6.44. The molecule has 5 heteroatoms. The summed E-state index contributed by atoms with van der Waals surface area (Å²) in [7, 11) is 0. The minimum absolute atomic E-state index is 0.0532. The zero-order chi connectivity index (χ0) is 27.0. The number of aromatic nitrogens is 1. The van der Waals surface area contributed by atoms with E-state index in [1.165, 1.54) is 30.2 Å². The fourth-order valence-electron chi connectivity index (χ4n) is 8.32. The molecule has 2 amide bonds. The number of carbonyl (C=O) groups excluding carboxylic acids is 2. The molecule has 0 saturated heterocycles. The molecule has 4 saturated carbocycles. The lowest BCUT2D eigenvalue weighted by Crippen LogP contribution is -2.56. The lowest BCUT2D eigenvalue weighted by Gasteiger charge is -2.56. The number of nitrogens with one attached hydrogen (secondary N) is 1. The van der Waals surface area contributed by atoms with E-state index in [0.29, 0.717) is 43.3 Å². The van der Waals surface area contributed by atoms with Crippen molar-refractivity contribution in [2.75, 3.05) is 19.6 Å². The van der Waals surface area contributed by atoms with Gasteiger partial charge in [0.1, 0.15) is 0 Å². The van der Waals surface area contributed by atoms with Crippen LogP contribution in [0.15, 0.2) is 60.8 Å². The van der Waals surface area contributed by atoms with Gasteiger partial charge in [0.25, 0.3) is 0 Å². The summed E-state index contributed by atoms with van der Waals surface area (Å²) in [5.41, 5.74) is 3.24. The van der Waals surface area contributed by atoms with Gasteiger partial charge in [0.2, 0.25) is 11.8 Å². The minimum atomic E-state index is -0.224. The Labute approximate surface area is 233 Å². The smallest absolute Gasteiger partial charge is 0.242 e. The second-order valence-electron chi connectivity index (χ2n) is 13.2. The Hall–Kier alpha value is -3.08. The van der Waals surface area contributed by atoms with E-state index in [9.17, 15) is 9.59 Å². The molecule has 206 valence electrons. The number of benzene rings is 2. The summed E-state index contributed by atoms with van der Waals surface area (Å²) in [5.74, 6) is 2.77. The zero-order valence-electron chi connectivity index (χ0n) is 23.6. The standard InChI is InChI=1S/C34H43N3O2/c1-24(2)21-37(33(39)34-17-26-14-27(18-34)16-28(15-26)19-34)23-32(38)36(22-25-8-4-3-5-9-25)13-12-29-20-35-31-11-7-6-10-30(29)31/h3-11,20,24,26-28,35H,12-19,21-23H2,1-2H3. The van der Waals surface area contributed by atoms with E-state index in [4.69, 9.17) is 0 Å². The van der Waals surface area contributed by atoms with Crippen molar-refractivity contribution < 1.29 is 9.59 Å². The Bertz CT molecular complexity index is 1270. The largest absolute Gasteiger partial charge is 0.361 e. The van der Waals surface area contributed by atoms with Crippen molar-refractivity contribution >= 4 is 22.7 Å². The van der Waals surface area contributed by atoms with Crippen LogP contribution in [0.25, 0.3) is 10.9 Å². The van der Waals surface area contributed by atoms with Crippen molar-refractivity contribution in [3.8, 4) is 0 Å². The summed E-state index contributed by atoms with van der Waals surface area (Å²) < 4.78 is 0. The topological polar surface area (TPSA) is 56.4 Å². The molecule has 4 aliphatic carbocycles. The number of hydrogen-bond acceptors (Lipinski definition) is 2. The molecule has 1 N–H and O–H groups in total. The molecular weight excluding hydrogens is 482 g/mol. The number of carbonyl (C=O) groups is 2. The van der Waals surface area contributed by atoms with Gasteiger partial charge in [0, 0.05) is 36.7 Å². The molecule has 5 nitrogen and oxygen atoms in total. The number of aromatic amines is 1. The van der Waals surface area contributed by atoms with E-state index in [2.05, 4.69) is 55.4 Å². The van der Waals surface area contributed by atoms with Gasteiger partial charge in [-0.1, -0.05) is 62.4 Å². The van der Waals surface area contributed by atoms with Gasteiger partial charge in [-0.3, -0.25) is 9.59 Å². The number of hydrogen-bond donors (Lipinski definition) is 1. The maximum Gasteiger partial charge on any atom is 0.242 e. The number of fused-ring (bicyclic) bond motifs is 1. The summed E-state index contributed by atoms with van der Waals surface area (Å²) in [4.78, 5) is 35.6. The third-order valence-electron chi connectivity index (χ3n) is 9.59. The van der Waals surface area contributed by atoms with Crippen LogP contribution in [0.4, 0.5) is 0 Å². The molecule has 0 aliphatic heterocycles. The molecule has 0 unspecified atom stereocenters. The Balaban J connectivity index is 1.21. The highest BCUT2D eigenvalue weighted by Crippen LogP contribution is 2.60. The highest BCUT2D eigenvalue weighted by atomic mass is 16.2. The van der Waals surface area contributed by atoms with Crippen LogP contribution in [-0.4, -0.2) is 46.2 Å². The van der Waals surface area contributed by atoms with E-state index in [1.54, 1.807) is 0 Å². The van der Waals surface area contributed by atoms with Crippen LogP contribution in [0.3, 0.4) is 0 Å². The molecular formula is C34H43N3O2. The van der Waals surface area contributed by atoms with Crippen molar-refractivity contribution in [1.82, 2.24) is 14.8 Å². The van der Waals surface area contributed by atoms with Crippen LogP contribution in [-0.2, 0) is 22.6 Å². The zero-order valence-corrected chi connectivity index (χ0v) is 23.6. The molecule has 4 aliphatic rings. The fourth-order valence-corrected chi connectivity index (χ4v) is 8.32. The average molecular weight is 526 g/mol. The molecule has 0 radical (unpaired) electrons. The second kappa shape index (κ2) is 10.8. The first-order valence-electron chi connectivity index (χ1n) is 15.0. The summed E-state index contributed by atoms with van der Waals surface area (Å²) >= 11 is 0. The molecule has 4 bridgehead atoms. The average Bonchev–Trinajstić information content (AvgIpc) is 3.33. The van der Waals surface area contributed by atoms with E-state index in [-0.39, 0.29) is 23.8 Å². The molecule has 3 aromatic rings. The number of nitrogens with zero attached hydrogens (tertiary/aromatic N) is 2. The molecule has 4 fully saturated rings. The molecule has 1 aromatic heterocycles. The number of H-pyrrole nitrogens is 1. The van der Waals surface area contributed by atoms with Crippen LogP contribution in [0.1, 0.15) is 63.5 Å². The molecule has 7 rings (SSSR count).